The minimum atomic E-state index is -0.192. The van der Waals surface area contributed by atoms with Gasteiger partial charge in [-0.2, -0.15) is 0 Å². The summed E-state index contributed by atoms with van der Waals surface area (Å²) in [6, 6.07) is 15.2. The summed E-state index contributed by atoms with van der Waals surface area (Å²) < 4.78 is 2.12. The van der Waals surface area contributed by atoms with Crippen molar-refractivity contribution in [1.82, 2.24) is 24.4 Å². The van der Waals surface area contributed by atoms with Crippen LogP contribution in [0.1, 0.15) is 26.6 Å². The van der Waals surface area contributed by atoms with E-state index >= 15 is 0 Å². The number of imidazole rings is 1. The number of aryl methyl sites for hydroxylation is 1. The molecule has 1 amide bonds. The van der Waals surface area contributed by atoms with Crippen molar-refractivity contribution in [1.29, 1.82) is 0 Å². The number of aromatic amines is 1. The number of carbonyl (C=O) groups excluding carboxylic acids is 1. The molecule has 2 aromatic heterocycles. The van der Waals surface area contributed by atoms with Crippen molar-refractivity contribution >= 4 is 39.6 Å². The van der Waals surface area contributed by atoms with Gasteiger partial charge >= 0.3 is 0 Å². The van der Waals surface area contributed by atoms with Crippen LogP contribution >= 0.6 is 11.8 Å². The van der Waals surface area contributed by atoms with Gasteiger partial charge in [0.25, 0.3) is 5.56 Å². The van der Waals surface area contributed by atoms with Crippen molar-refractivity contribution in [2.75, 3.05) is 5.75 Å². The maximum Gasteiger partial charge on any atom is 0.258 e. The third-order valence-corrected chi connectivity index (χ3v) is 6.15. The quantitative estimate of drug-likeness (QED) is 0.446. The number of thioether (sulfide) groups is 1. The lowest BCUT2D eigenvalue weighted by Gasteiger charge is -2.26. The predicted molar refractivity (Wildman–Crippen MR) is 124 cm³/mol. The number of benzene rings is 2. The summed E-state index contributed by atoms with van der Waals surface area (Å²) in [5.41, 5.74) is 2.43. The third kappa shape index (κ3) is 4.34. The molecule has 0 saturated heterocycles. The molecule has 0 atom stereocenters. The average molecular weight is 436 g/mol. The van der Waals surface area contributed by atoms with E-state index in [9.17, 15) is 9.59 Å². The number of amides is 1. The largest absolute Gasteiger partial charge is 0.332 e. The zero-order valence-corrected chi connectivity index (χ0v) is 18.6. The van der Waals surface area contributed by atoms with Crippen molar-refractivity contribution in [2.24, 2.45) is 0 Å². The molecule has 31 heavy (non-hydrogen) atoms. The van der Waals surface area contributed by atoms with Gasteiger partial charge in [0.2, 0.25) is 5.91 Å². The van der Waals surface area contributed by atoms with Crippen LogP contribution in [0.15, 0.2) is 58.5 Å². The van der Waals surface area contributed by atoms with Crippen LogP contribution < -0.4 is 5.56 Å². The smallest absolute Gasteiger partial charge is 0.258 e. The fraction of sp³-hybridized carbons (Fsp3) is 0.304. The van der Waals surface area contributed by atoms with Crippen LogP contribution in [0, 0.1) is 0 Å². The normalized spacial score (nSPS) is 11.5. The Bertz CT molecular complexity index is 1290. The molecule has 4 rings (SSSR count). The summed E-state index contributed by atoms with van der Waals surface area (Å²) >= 11 is 1.44. The van der Waals surface area contributed by atoms with Crippen molar-refractivity contribution in [3.8, 4) is 0 Å². The first-order valence-electron chi connectivity index (χ1n) is 10.3. The van der Waals surface area contributed by atoms with E-state index in [1.54, 1.807) is 17.0 Å². The molecule has 4 aromatic rings. The number of hydrogen-bond acceptors (Lipinski definition) is 5. The Balaban J connectivity index is 1.53. The van der Waals surface area contributed by atoms with Crippen LogP contribution in [0.2, 0.25) is 0 Å². The van der Waals surface area contributed by atoms with Crippen LogP contribution in [0.5, 0.6) is 0 Å². The maximum atomic E-state index is 13.1. The molecule has 7 nitrogen and oxygen atoms in total. The molecule has 0 saturated carbocycles. The Kier molecular flexibility index (Phi) is 6.08. The van der Waals surface area contributed by atoms with Gasteiger partial charge in [0.1, 0.15) is 5.82 Å². The Morgan fingerprint density at radius 2 is 1.81 bits per heavy atom. The molecule has 8 heteroatoms. The maximum absolute atomic E-state index is 13.1. The highest BCUT2D eigenvalue weighted by Crippen LogP contribution is 2.24. The van der Waals surface area contributed by atoms with Crippen molar-refractivity contribution in [3.63, 3.8) is 0 Å². The van der Waals surface area contributed by atoms with Crippen LogP contribution in [0.25, 0.3) is 21.9 Å². The van der Waals surface area contributed by atoms with Crippen molar-refractivity contribution in [3.05, 3.63) is 64.7 Å². The second-order valence-electron chi connectivity index (χ2n) is 7.56. The van der Waals surface area contributed by atoms with Gasteiger partial charge in [0.15, 0.2) is 5.16 Å². The minimum absolute atomic E-state index is 0.0227. The van der Waals surface area contributed by atoms with E-state index in [-0.39, 0.29) is 29.8 Å². The highest BCUT2D eigenvalue weighted by Gasteiger charge is 2.20. The monoisotopic (exact) mass is 435 g/mol. The molecule has 0 radical (unpaired) electrons. The Morgan fingerprint density at radius 3 is 2.55 bits per heavy atom. The van der Waals surface area contributed by atoms with E-state index in [0.29, 0.717) is 16.7 Å². The molecule has 1 N–H and O–H groups in total. The van der Waals surface area contributed by atoms with Gasteiger partial charge in [-0.15, -0.1) is 0 Å². The summed E-state index contributed by atoms with van der Waals surface area (Å²) in [7, 11) is 0. The zero-order valence-electron chi connectivity index (χ0n) is 17.8. The first kappa shape index (κ1) is 21.1. The van der Waals surface area contributed by atoms with Crippen LogP contribution in [0.3, 0.4) is 0 Å². The standard InChI is InChI=1S/C23H25N5O2S/c1-4-27-19-12-8-7-11-18(19)25-23(27)31-14-21(29)28(15(2)3)13-20-24-17-10-6-5-9-16(17)22(30)26-20/h5-12,15H,4,13-14H2,1-3H3,(H,24,26,30). The Morgan fingerprint density at radius 1 is 1.10 bits per heavy atom. The molecule has 0 fully saturated rings. The first-order valence-corrected chi connectivity index (χ1v) is 11.3. The number of carbonyl (C=O) groups is 1. The molecule has 0 spiro atoms. The average Bonchev–Trinajstić information content (AvgIpc) is 3.13. The van der Waals surface area contributed by atoms with Crippen LogP contribution in [0.4, 0.5) is 0 Å². The molecule has 0 aliphatic heterocycles. The second-order valence-corrected chi connectivity index (χ2v) is 8.50. The van der Waals surface area contributed by atoms with Gasteiger partial charge < -0.3 is 14.5 Å². The summed E-state index contributed by atoms with van der Waals surface area (Å²) in [6.07, 6.45) is 0. The molecular formula is C23H25N5O2S. The lowest BCUT2D eigenvalue weighted by Crippen LogP contribution is -2.38. The highest BCUT2D eigenvalue weighted by molar-refractivity contribution is 7.99. The van der Waals surface area contributed by atoms with E-state index in [1.165, 1.54) is 11.8 Å². The number of aromatic nitrogens is 4. The summed E-state index contributed by atoms with van der Waals surface area (Å²) in [5, 5.41) is 1.38. The number of fused-ring (bicyclic) bond motifs is 2. The van der Waals surface area contributed by atoms with Gasteiger partial charge in [-0.25, -0.2) is 9.97 Å². The van der Waals surface area contributed by atoms with Gasteiger partial charge in [0, 0.05) is 12.6 Å². The fourth-order valence-electron chi connectivity index (χ4n) is 3.61. The van der Waals surface area contributed by atoms with Gasteiger partial charge in [-0.05, 0) is 45.0 Å². The molecule has 0 aliphatic carbocycles. The van der Waals surface area contributed by atoms with E-state index in [2.05, 4.69) is 26.4 Å². The highest BCUT2D eigenvalue weighted by atomic mass is 32.2. The fourth-order valence-corrected chi connectivity index (χ4v) is 4.57. The predicted octanol–water partition coefficient (Wildman–Crippen LogP) is 3.82. The molecular weight excluding hydrogens is 410 g/mol. The van der Waals surface area contributed by atoms with Gasteiger partial charge in [-0.1, -0.05) is 36.0 Å². The number of nitrogens with one attached hydrogen (secondary N) is 1. The number of hydrogen-bond donors (Lipinski definition) is 1. The Hall–Kier alpha value is -3.13. The molecule has 0 bridgehead atoms. The molecule has 160 valence electrons. The minimum Gasteiger partial charge on any atom is -0.332 e. The lowest BCUT2D eigenvalue weighted by molar-refractivity contribution is -0.130. The van der Waals surface area contributed by atoms with Crippen LogP contribution in [-0.2, 0) is 17.9 Å². The SMILES string of the molecule is CCn1c(SCC(=O)N(Cc2nc3ccccc3c(=O)[nH]2)C(C)C)nc2ccccc21. The van der Waals surface area contributed by atoms with Gasteiger partial charge in [0.05, 0.1) is 34.2 Å². The van der Waals surface area contributed by atoms with Crippen molar-refractivity contribution in [2.45, 2.75) is 45.1 Å². The van der Waals surface area contributed by atoms with Gasteiger partial charge in [-0.3, -0.25) is 9.59 Å². The van der Waals surface area contributed by atoms with E-state index in [0.717, 1.165) is 22.7 Å². The zero-order chi connectivity index (χ0) is 22.0. The van der Waals surface area contributed by atoms with E-state index in [1.807, 2.05) is 50.2 Å². The van der Waals surface area contributed by atoms with E-state index in [4.69, 9.17) is 0 Å². The number of rotatable bonds is 7. The second kappa shape index (κ2) is 8.93. The summed E-state index contributed by atoms with van der Waals surface area (Å²) in [5.74, 6) is 0.723. The Labute approximate surface area is 184 Å². The van der Waals surface area contributed by atoms with Crippen LogP contribution in [-0.4, -0.2) is 42.1 Å². The molecule has 0 unspecified atom stereocenters. The number of para-hydroxylation sites is 3. The first-order chi connectivity index (χ1) is 15.0. The number of nitrogens with zero attached hydrogens (tertiary/aromatic N) is 4. The third-order valence-electron chi connectivity index (χ3n) is 5.19. The summed E-state index contributed by atoms with van der Waals surface area (Å²) in [6.45, 7) is 7.03. The molecule has 2 aromatic carbocycles. The topological polar surface area (TPSA) is 83.9 Å². The molecule has 0 aliphatic rings. The van der Waals surface area contributed by atoms with Crippen molar-refractivity contribution < 1.29 is 4.79 Å². The van der Waals surface area contributed by atoms with E-state index < -0.39 is 0 Å². The molecule has 2 heterocycles. The summed E-state index contributed by atoms with van der Waals surface area (Å²) in [4.78, 5) is 39.2. The number of H-pyrrole nitrogens is 1. The lowest BCUT2D eigenvalue weighted by atomic mass is 10.2.